The van der Waals surface area contributed by atoms with E-state index < -0.39 is 0 Å². The molecule has 0 amide bonds. The normalized spacial score (nSPS) is 42.4. The minimum Gasteiger partial charge on any atom is -0.389 e. The van der Waals surface area contributed by atoms with E-state index >= 15 is 0 Å². The van der Waals surface area contributed by atoms with Crippen molar-refractivity contribution in [2.75, 3.05) is 6.61 Å². The van der Waals surface area contributed by atoms with Gasteiger partial charge in [-0.1, -0.05) is 13.8 Å². The van der Waals surface area contributed by atoms with Crippen LogP contribution in [-0.4, -0.2) is 17.5 Å². The highest BCUT2D eigenvalue weighted by atomic mass is 16.3. The maximum atomic E-state index is 11.5. The molecule has 68 valence electrons. The minimum absolute atomic E-state index is 0.0706. The quantitative estimate of drug-likeness (QED) is 0.676. The summed E-state index contributed by atoms with van der Waals surface area (Å²) in [6, 6.07) is 0. The van der Waals surface area contributed by atoms with Crippen LogP contribution in [0.3, 0.4) is 0 Å². The van der Waals surface area contributed by atoms with Crippen LogP contribution in [0.2, 0.25) is 0 Å². The van der Waals surface area contributed by atoms with Gasteiger partial charge in [-0.15, -0.1) is 0 Å². The average Bonchev–Trinajstić information content (AvgIpc) is 2.58. The summed E-state index contributed by atoms with van der Waals surface area (Å²) < 4.78 is 0. The number of Topliss-reactive ketones (excluding diaryl/α,β-unsaturated/α-hetero) is 1. The van der Waals surface area contributed by atoms with E-state index in [1.165, 1.54) is 6.42 Å². The third kappa shape index (κ3) is 0.634. The lowest BCUT2D eigenvalue weighted by Gasteiger charge is -2.53. The topological polar surface area (TPSA) is 37.3 Å². The lowest BCUT2D eigenvalue weighted by atomic mass is 9.49. The number of carbonyl (C=O) groups excluding carboxylic acids is 1. The summed E-state index contributed by atoms with van der Waals surface area (Å²) >= 11 is 0. The fourth-order valence-corrected chi connectivity index (χ4v) is 3.27. The smallest absolute Gasteiger partial charge is 0.164 e. The molecule has 2 bridgehead atoms. The van der Waals surface area contributed by atoms with Gasteiger partial charge in [0.25, 0.3) is 0 Å². The van der Waals surface area contributed by atoms with Crippen molar-refractivity contribution in [3.8, 4) is 0 Å². The van der Waals surface area contributed by atoms with E-state index in [2.05, 4.69) is 13.8 Å². The van der Waals surface area contributed by atoms with E-state index in [9.17, 15) is 4.79 Å². The standard InChI is InChI=1S/C10H16O2/c1-9(2)7-3-4-10(9,5-7)8(12)6-11/h7,11H,3-6H2,1-2H3/t7-,10+/m1/s1. The predicted octanol–water partition coefficient (Wildman–Crippen LogP) is 1.37. The molecule has 0 unspecified atom stereocenters. The zero-order valence-electron chi connectivity index (χ0n) is 7.76. The van der Waals surface area contributed by atoms with Gasteiger partial charge in [-0.3, -0.25) is 4.79 Å². The van der Waals surface area contributed by atoms with Crippen molar-refractivity contribution in [1.29, 1.82) is 0 Å². The van der Waals surface area contributed by atoms with Gasteiger partial charge in [0.1, 0.15) is 6.61 Å². The van der Waals surface area contributed by atoms with E-state index in [1.54, 1.807) is 0 Å². The molecule has 0 saturated heterocycles. The summed E-state index contributed by atoms with van der Waals surface area (Å²) in [6.07, 6.45) is 3.21. The molecule has 0 radical (unpaired) electrons. The summed E-state index contributed by atoms with van der Waals surface area (Å²) in [5, 5.41) is 8.87. The highest BCUT2D eigenvalue weighted by molar-refractivity contribution is 5.88. The number of hydrogen-bond donors (Lipinski definition) is 1. The van der Waals surface area contributed by atoms with Crippen LogP contribution in [0.4, 0.5) is 0 Å². The summed E-state index contributed by atoms with van der Waals surface area (Å²) in [4.78, 5) is 11.5. The Kier molecular flexibility index (Phi) is 1.45. The average molecular weight is 168 g/mol. The first-order valence-corrected chi connectivity index (χ1v) is 4.69. The molecule has 3 fully saturated rings. The van der Waals surface area contributed by atoms with Crippen molar-refractivity contribution >= 4 is 5.78 Å². The van der Waals surface area contributed by atoms with Crippen molar-refractivity contribution in [2.45, 2.75) is 33.1 Å². The Hall–Kier alpha value is -0.370. The lowest BCUT2D eigenvalue weighted by molar-refractivity contribution is -0.151. The van der Waals surface area contributed by atoms with Gasteiger partial charge in [0.15, 0.2) is 5.78 Å². The Bertz CT molecular complexity index is 228. The second-order valence-corrected chi connectivity index (χ2v) is 4.82. The molecular weight excluding hydrogens is 152 g/mol. The van der Waals surface area contributed by atoms with Crippen LogP contribution in [0, 0.1) is 16.7 Å². The maximum Gasteiger partial charge on any atom is 0.164 e. The first-order valence-electron chi connectivity index (χ1n) is 4.69. The fourth-order valence-electron chi connectivity index (χ4n) is 3.27. The first kappa shape index (κ1) is 8.24. The fraction of sp³-hybridized carbons (Fsp3) is 0.900. The molecule has 0 aromatic heterocycles. The van der Waals surface area contributed by atoms with E-state index in [1.807, 2.05) is 0 Å². The van der Waals surface area contributed by atoms with Gasteiger partial charge in [-0.25, -0.2) is 0 Å². The molecule has 1 N–H and O–H groups in total. The van der Waals surface area contributed by atoms with Crippen molar-refractivity contribution < 1.29 is 9.90 Å². The van der Waals surface area contributed by atoms with Crippen LogP contribution in [0.15, 0.2) is 0 Å². The van der Waals surface area contributed by atoms with Gasteiger partial charge < -0.3 is 5.11 Å². The van der Waals surface area contributed by atoms with E-state index in [4.69, 9.17) is 5.11 Å². The molecule has 0 heterocycles. The van der Waals surface area contributed by atoms with Crippen molar-refractivity contribution in [2.24, 2.45) is 16.7 Å². The van der Waals surface area contributed by atoms with Gasteiger partial charge in [-0.05, 0) is 30.6 Å². The molecule has 2 nitrogen and oxygen atoms in total. The number of ketones is 1. The van der Waals surface area contributed by atoms with Gasteiger partial charge in [0.2, 0.25) is 0 Å². The van der Waals surface area contributed by atoms with Gasteiger partial charge >= 0.3 is 0 Å². The molecule has 12 heavy (non-hydrogen) atoms. The maximum absolute atomic E-state index is 11.5. The molecule has 3 saturated carbocycles. The van der Waals surface area contributed by atoms with Gasteiger partial charge in [0, 0.05) is 5.41 Å². The van der Waals surface area contributed by atoms with Crippen LogP contribution in [-0.2, 0) is 4.79 Å². The number of aliphatic hydroxyl groups excluding tert-OH is 1. The number of aliphatic hydroxyl groups is 1. The molecule has 3 aliphatic carbocycles. The molecule has 0 spiro atoms. The van der Waals surface area contributed by atoms with Gasteiger partial charge in [-0.2, -0.15) is 0 Å². The zero-order valence-corrected chi connectivity index (χ0v) is 7.76. The number of hydrogen-bond acceptors (Lipinski definition) is 2. The van der Waals surface area contributed by atoms with Gasteiger partial charge in [0.05, 0.1) is 0 Å². The largest absolute Gasteiger partial charge is 0.389 e. The Morgan fingerprint density at radius 1 is 1.58 bits per heavy atom. The van der Waals surface area contributed by atoms with E-state index in [0.717, 1.165) is 18.8 Å². The third-order valence-electron chi connectivity index (χ3n) is 4.45. The Balaban J connectivity index is 2.29. The molecule has 2 atom stereocenters. The summed E-state index contributed by atoms with van der Waals surface area (Å²) in [5.74, 6) is 0.800. The molecular formula is C10H16O2. The second-order valence-electron chi connectivity index (χ2n) is 4.82. The van der Waals surface area contributed by atoms with Crippen LogP contribution >= 0.6 is 0 Å². The second kappa shape index (κ2) is 2.11. The molecule has 0 aromatic rings. The number of carbonyl (C=O) groups is 1. The number of fused-ring (bicyclic) bond motifs is 1. The molecule has 3 rings (SSSR count). The summed E-state index contributed by atoms with van der Waals surface area (Å²) in [5.41, 5.74) is 0.0131. The highest BCUT2D eigenvalue weighted by Gasteiger charge is 2.67. The van der Waals surface area contributed by atoms with Crippen molar-refractivity contribution in [1.82, 2.24) is 0 Å². The highest BCUT2D eigenvalue weighted by Crippen LogP contribution is 2.70. The Morgan fingerprint density at radius 2 is 2.25 bits per heavy atom. The Morgan fingerprint density at radius 3 is 2.58 bits per heavy atom. The van der Waals surface area contributed by atoms with Crippen molar-refractivity contribution in [3.63, 3.8) is 0 Å². The molecule has 0 aliphatic heterocycles. The monoisotopic (exact) mass is 168 g/mol. The van der Waals surface area contributed by atoms with E-state index in [-0.39, 0.29) is 23.2 Å². The van der Waals surface area contributed by atoms with Crippen LogP contribution in [0.1, 0.15) is 33.1 Å². The van der Waals surface area contributed by atoms with Crippen LogP contribution in [0.25, 0.3) is 0 Å². The summed E-state index contributed by atoms with van der Waals surface area (Å²) in [7, 11) is 0. The summed E-state index contributed by atoms with van der Waals surface area (Å²) in [6.45, 7) is 4.07. The third-order valence-corrected chi connectivity index (χ3v) is 4.45. The lowest BCUT2D eigenvalue weighted by Crippen LogP contribution is -2.53. The van der Waals surface area contributed by atoms with E-state index in [0.29, 0.717) is 0 Å². The predicted molar refractivity (Wildman–Crippen MR) is 45.6 cm³/mol. The zero-order chi connectivity index (χ0) is 8.98. The first-order chi connectivity index (χ1) is 5.54. The Labute approximate surface area is 73.0 Å². The molecule has 3 aliphatic rings. The molecule has 0 aromatic carbocycles. The van der Waals surface area contributed by atoms with Crippen LogP contribution < -0.4 is 0 Å². The SMILES string of the molecule is CC1(C)[C@@H]2CC[C@@]1(C(=O)CO)C2. The molecule has 2 heteroatoms. The number of rotatable bonds is 2. The van der Waals surface area contributed by atoms with Crippen LogP contribution in [0.5, 0.6) is 0 Å². The van der Waals surface area contributed by atoms with Crippen molar-refractivity contribution in [3.05, 3.63) is 0 Å². The minimum atomic E-state index is -0.268.